The second-order valence-electron chi connectivity index (χ2n) is 24.8. The van der Waals surface area contributed by atoms with Crippen LogP contribution in [0.25, 0.3) is 89.2 Å². The van der Waals surface area contributed by atoms with Gasteiger partial charge in [0, 0.05) is 138 Å². The van der Waals surface area contributed by atoms with Crippen LogP contribution >= 0.6 is 11.6 Å². The monoisotopic (exact) mass is 2210 g/mol. The SMILES string of the molecule is CC(O)CC(C)O.CC(O)CC(C)O.CC(O)CC(C)O.CC(O)CC(C)O.Cc1nc2ccccc2nc1-c1[c-]cc(C#N)cc1.Cc1nc2ccccc2nc1-c1[c-]cc(C(F)(F)F)cc1.Cc1nc2ccccc2nc1-c1[c-]cc(Cl)cc1.Cc1nc2ccccc2nc1-c1[c-]cc(F)cc1.[Ir].[Ir].[Ir].[Ir]. The van der Waals surface area contributed by atoms with Crippen molar-refractivity contribution < 1.29 is 139 Å². The molecule has 584 valence electrons. The van der Waals surface area contributed by atoms with Crippen LogP contribution in [0.2, 0.25) is 5.02 Å². The van der Waals surface area contributed by atoms with E-state index in [4.69, 9.17) is 57.7 Å². The van der Waals surface area contributed by atoms with Gasteiger partial charge in [0.25, 0.3) is 0 Å². The van der Waals surface area contributed by atoms with Gasteiger partial charge in [-0.05, 0) is 173 Å². The summed E-state index contributed by atoms with van der Waals surface area (Å²) in [5.74, 6) is -0.301. The summed E-state index contributed by atoms with van der Waals surface area (Å²) in [6, 6.07) is 63.0. The maximum Gasteiger partial charge on any atom is 0.381 e. The van der Waals surface area contributed by atoms with Crippen LogP contribution in [-0.2, 0) is 86.6 Å². The van der Waals surface area contributed by atoms with Crippen LogP contribution in [-0.4, -0.2) is 130 Å². The molecule has 4 aromatic heterocycles. The number of nitrogens with zero attached hydrogens (tertiary/aromatic N) is 9. The number of hydrogen-bond acceptors (Lipinski definition) is 17. The van der Waals surface area contributed by atoms with E-state index in [1.807, 2.05) is 136 Å². The summed E-state index contributed by atoms with van der Waals surface area (Å²) < 4.78 is 50.6. The third-order valence-corrected chi connectivity index (χ3v) is 14.6. The minimum Gasteiger partial charge on any atom is -0.393 e. The van der Waals surface area contributed by atoms with Crippen molar-refractivity contribution >= 4 is 55.7 Å². The van der Waals surface area contributed by atoms with Gasteiger partial charge >= 0.3 is 6.18 Å². The first-order chi connectivity index (χ1) is 49.2. The molecular formula is C82H88ClF4Ir4N9O8-4. The molecule has 0 aliphatic heterocycles. The van der Waals surface area contributed by atoms with Crippen LogP contribution in [0.3, 0.4) is 0 Å². The van der Waals surface area contributed by atoms with E-state index in [0.717, 1.165) is 102 Å². The third-order valence-electron chi connectivity index (χ3n) is 14.4. The van der Waals surface area contributed by atoms with Gasteiger partial charge in [-0.15, -0.1) is 131 Å². The molecule has 0 saturated heterocycles. The van der Waals surface area contributed by atoms with Crippen LogP contribution < -0.4 is 0 Å². The van der Waals surface area contributed by atoms with Gasteiger partial charge in [0.1, 0.15) is 0 Å². The Labute approximate surface area is 687 Å². The predicted molar refractivity (Wildman–Crippen MR) is 401 cm³/mol. The summed E-state index contributed by atoms with van der Waals surface area (Å²) in [6.07, 6.45) is -5.47. The van der Waals surface area contributed by atoms with Crippen molar-refractivity contribution in [2.45, 2.75) is 164 Å². The summed E-state index contributed by atoms with van der Waals surface area (Å²) in [5, 5.41) is 78.0. The van der Waals surface area contributed by atoms with Crippen LogP contribution in [0.15, 0.2) is 170 Å². The zero-order chi connectivity index (χ0) is 76.8. The van der Waals surface area contributed by atoms with Crippen LogP contribution in [0.1, 0.15) is 115 Å². The Morgan fingerprint density at radius 2 is 0.593 bits per heavy atom. The van der Waals surface area contributed by atoms with Crippen molar-refractivity contribution in [1.82, 2.24) is 39.9 Å². The van der Waals surface area contributed by atoms with E-state index in [1.54, 1.807) is 86.6 Å². The van der Waals surface area contributed by atoms with Gasteiger partial charge in [0.2, 0.25) is 0 Å². The molecule has 0 saturated carbocycles. The fraction of sp³-hybridized carbons (Fsp3) is 0.305. The standard InChI is InChI=1S/C16H10F3N2.C16H10N3.C15H10ClN2.C15H10FN2.4C5H12O2.4Ir/c1-10-15(21-14-5-3-2-4-13(14)20-10)11-6-8-12(9-7-11)16(17,18)19;1-11-16(13-8-6-12(10-17)7-9-13)19-15-5-3-2-4-14(15)18-11;2*1-10-15(11-6-8-12(16)9-7-11)18-14-5-3-2-4-13(14)17-10;4*1-4(6)3-5(2)7;;;;/h2-6,8-9H,1H3;2-8H,1H3;2*2-6,8-9H,1H3;4*4-7H,3H2,1-2H3;;;;/q4*-1;;;;;;;;. The molecule has 0 bridgehead atoms. The van der Waals surface area contributed by atoms with Crippen molar-refractivity contribution in [3.8, 4) is 51.1 Å². The molecule has 12 rings (SSSR count). The molecule has 0 amide bonds. The number of hydrogen-bond donors (Lipinski definition) is 8. The number of rotatable bonds is 12. The molecule has 8 unspecified atom stereocenters. The number of benzene rings is 8. The zero-order valence-electron chi connectivity index (χ0n) is 61.4. The first kappa shape index (κ1) is 98.9. The summed E-state index contributed by atoms with van der Waals surface area (Å²) in [7, 11) is 0. The Morgan fingerprint density at radius 3 is 0.787 bits per heavy atom. The average Bonchev–Trinajstić information content (AvgIpc) is 0.822. The van der Waals surface area contributed by atoms with Crippen molar-refractivity contribution in [1.29, 1.82) is 5.26 Å². The Kier molecular flexibility index (Phi) is 45.7. The minimum absolute atomic E-state index is 0. The van der Waals surface area contributed by atoms with E-state index in [0.29, 0.717) is 58.7 Å². The normalized spacial score (nSPS) is 12.6. The predicted octanol–water partition coefficient (Wildman–Crippen LogP) is 15.8. The number of aromatic nitrogens is 8. The molecule has 26 heteroatoms. The first-order valence-electron chi connectivity index (χ1n) is 33.5. The number of halogens is 5. The number of aryl methyl sites for hydroxylation is 4. The smallest absolute Gasteiger partial charge is 0.381 e. The molecule has 0 aliphatic carbocycles. The molecule has 4 radical (unpaired) electrons. The van der Waals surface area contributed by atoms with Gasteiger partial charge in [0.15, 0.2) is 0 Å². The molecule has 8 atom stereocenters. The summed E-state index contributed by atoms with van der Waals surface area (Å²) in [6.45, 7) is 20.8. The Balaban J connectivity index is 0.000000638. The Bertz CT molecular complexity index is 4440. The summed E-state index contributed by atoms with van der Waals surface area (Å²) in [5.41, 5.74) is 15.8. The first-order valence-corrected chi connectivity index (χ1v) is 33.8. The van der Waals surface area contributed by atoms with E-state index in [1.165, 1.54) is 18.2 Å². The maximum absolute atomic E-state index is 12.9. The average molecular weight is 2210 g/mol. The van der Waals surface area contributed by atoms with Crippen molar-refractivity contribution in [2.24, 2.45) is 0 Å². The number of fused-ring (bicyclic) bond motifs is 4. The number of alkyl halides is 3. The molecule has 0 fully saturated rings. The second kappa shape index (κ2) is 49.9. The molecule has 0 spiro atoms. The van der Waals surface area contributed by atoms with Crippen molar-refractivity contribution in [2.75, 3.05) is 0 Å². The number of para-hydroxylation sites is 8. The van der Waals surface area contributed by atoms with Gasteiger partial charge in [0.05, 0.1) is 93.0 Å². The van der Waals surface area contributed by atoms with Gasteiger partial charge < -0.3 is 40.9 Å². The van der Waals surface area contributed by atoms with Gasteiger partial charge in [-0.2, -0.15) is 13.2 Å². The molecule has 8 aromatic carbocycles. The number of aliphatic hydroxyl groups is 8. The van der Waals surface area contributed by atoms with Gasteiger partial charge in [-0.1, -0.05) is 48.5 Å². The molecule has 4 heterocycles. The fourth-order valence-electron chi connectivity index (χ4n) is 9.84. The molecule has 12 aromatic rings. The molecule has 8 N–H and O–H groups in total. The Morgan fingerprint density at radius 1 is 0.352 bits per heavy atom. The quantitative estimate of drug-likeness (QED) is 0.0417. The van der Waals surface area contributed by atoms with E-state index < -0.39 is 11.7 Å². The second-order valence-corrected chi connectivity index (χ2v) is 25.2. The third kappa shape index (κ3) is 34.9. The molecule has 0 aliphatic rings. The largest absolute Gasteiger partial charge is 0.393 e. The topological polar surface area (TPSA) is 289 Å². The van der Waals surface area contributed by atoms with Crippen molar-refractivity contribution in [3.05, 3.63) is 239 Å². The molecular weight excluding hydrogens is 2120 g/mol. The van der Waals surface area contributed by atoms with Crippen LogP contribution in [0.4, 0.5) is 17.6 Å². The summed E-state index contributed by atoms with van der Waals surface area (Å²) >= 11 is 5.87. The van der Waals surface area contributed by atoms with E-state index in [9.17, 15) is 17.6 Å². The van der Waals surface area contributed by atoms with E-state index in [-0.39, 0.29) is 135 Å². The van der Waals surface area contributed by atoms with Crippen LogP contribution in [0.5, 0.6) is 0 Å². The minimum atomic E-state index is -4.36. The van der Waals surface area contributed by atoms with Gasteiger partial charge in [-0.3, -0.25) is 44.3 Å². The number of nitriles is 1. The summed E-state index contributed by atoms with van der Waals surface area (Å²) in [4.78, 5) is 36.3. The zero-order valence-corrected chi connectivity index (χ0v) is 71.8. The maximum atomic E-state index is 12.9. The fourth-order valence-corrected chi connectivity index (χ4v) is 9.96. The van der Waals surface area contributed by atoms with Gasteiger partial charge in [-0.25, -0.2) is 5.26 Å². The van der Waals surface area contributed by atoms with Crippen molar-refractivity contribution in [3.63, 3.8) is 0 Å². The Hall–Kier alpha value is -7.10. The van der Waals surface area contributed by atoms with E-state index in [2.05, 4.69) is 70.2 Å². The molecule has 17 nitrogen and oxygen atoms in total. The van der Waals surface area contributed by atoms with E-state index >= 15 is 0 Å². The number of aliphatic hydroxyl groups excluding tert-OH is 8. The van der Waals surface area contributed by atoms with Crippen LogP contribution in [0, 0.1) is 69.1 Å². The molecule has 108 heavy (non-hydrogen) atoms.